The maximum atomic E-state index is 14.1. The van der Waals surface area contributed by atoms with Crippen molar-refractivity contribution < 1.29 is 23.5 Å². The first-order chi connectivity index (χ1) is 17.5. The molecule has 1 aliphatic rings. The van der Waals surface area contributed by atoms with Crippen LogP contribution in [0.4, 0.5) is 8.78 Å². The van der Waals surface area contributed by atoms with Crippen LogP contribution in [0.15, 0.2) is 36.4 Å². The van der Waals surface area contributed by atoms with Crippen molar-refractivity contribution in [1.82, 2.24) is 15.6 Å². The Bertz CT molecular complexity index is 1380. The number of rotatable bonds is 8. The van der Waals surface area contributed by atoms with Gasteiger partial charge >= 0.3 is 5.97 Å². The average molecular weight is 548 g/mol. The summed E-state index contributed by atoms with van der Waals surface area (Å²) in [5, 5.41) is 16.8. The van der Waals surface area contributed by atoms with E-state index in [-0.39, 0.29) is 35.2 Å². The van der Waals surface area contributed by atoms with Crippen LogP contribution in [0.3, 0.4) is 0 Å². The Hall–Kier alpha value is -3.04. The molecule has 2 aromatic carbocycles. The number of carbonyl (C=O) groups excluding carboxylic acids is 1. The maximum Gasteiger partial charge on any atom is 0.329 e. The first-order valence-electron chi connectivity index (χ1n) is 12.1. The number of hydrogen-bond donors (Lipinski definition) is 4. The van der Waals surface area contributed by atoms with Crippen molar-refractivity contribution in [3.8, 4) is 0 Å². The molecule has 0 aliphatic heterocycles. The fourth-order valence-corrected chi connectivity index (χ4v) is 5.40. The predicted molar refractivity (Wildman–Crippen MR) is 143 cm³/mol. The lowest BCUT2D eigenvalue weighted by Gasteiger charge is -2.36. The van der Waals surface area contributed by atoms with E-state index in [9.17, 15) is 23.5 Å². The van der Waals surface area contributed by atoms with Gasteiger partial charge in [0.05, 0.1) is 15.5 Å². The van der Waals surface area contributed by atoms with Crippen molar-refractivity contribution >= 4 is 51.6 Å². The summed E-state index contributed by atoms with van der Waals surface area (Å²) < 4.78 is 28.2. The SMILES string of the molecule is CCC(C)C(NC(=S)Cc1ccccc1F)C(=O)NC1(C(=O)O)CCc2[nH]c3c(Cl)cc(F)cc3c2C1. The molecule has 1 amide bonds. The number of nitrogens with one attached hydrogen (secondary N) is 3. The third-order valence-corrected chi connectivity index (χ3v) is 7.75. The molecule has 10 heteroatoms. The molecular weight excluding hydrogens is 520 g/mol. The summed E-state index contributed by atoms with van der Waals surface area (Å²) in [5.41, 5.74) is 0.733. The molecule has 6 nitrogen and oxygen atoms in total. The standard InChI is InChI=1S/C27H28ClF2N3O3S/c1-3-14(2)23(32-22(37)10-15-6-4-5-7-20(15)30)25(34)33-27(26(35)36)9-8-21-18(13-27)17-11-16(29)12-19(28)24(17)31-21/h4-7,11-12,14,23,31H,3,8-10,13H2,1-2H3,(H,32,37)(H,33,34)(H,35,36). The molecule has 3 atom stereocenters. The van der Waals surface area contributed by atoms with Crippen LogP contribution in [0.1, 0.15) is 43.5 Å². The summed E-state index contributed by atoms with van der Waals surface area (Å²) in [7, 11) is 0. The van der Waals surface area contributed by atoms with Gasteiger partial charge in [0.25, 0.3) is 0 Å². The number of aromatic nitrogens is 1. The summed E-state index contributed by atoms with van der Waals surface area (Å²) in [6.45, 7) is 3.77. The number of carbonyl (C=O) groups is 2. The monoisotopic (exact) mass is 547 g/mol. The van der Waals surface area contributed by atoms with Crippen molar-refractivity contribution in [3.63, 3.8) is 0 Å². The van der Waals surface area contributed by atoms with Crippen LogP contribution < -0.4 is 10.6 Å². The molecular formula is C27H28ClF2N3O3S. The van der Waals surface area contributed by atoms with Gasteiger partial charge in [-0.1, -0.05) is 62.3 Å². The Morgan fingerprint density at radius 1 is 1.27 bits per heavy atom. The summed E-state index contributed by atoms with van der Waals surface area (Å²) >= 11 is 11.6. The summed E-state index contributed by atoms with van der Waals surface area (Å²) in [4.78, 5) is 29.6. The molecule has 4 N–H and O–H groups in total. The van der Waals surface area contributed by atoms with Crippen molar-refractivity contribution in [2.75, 3.05) is 0 Å². The third-order valence-electron chi connectivity index (χ3n) is 7.19. The number of hydrogen-bond acceptors (Lipinski definition) is 3. The number of aryl methyl sites for hydroxylation is 1. The minimum Gasteiger partial charge on any atom is -0.479 e. The number of thiocarbonyl (C=S) groups is 1. The van der Waals surface area contributed by atoms with E-state index in [1.54, 1.807) is 18.2 Å². The lowest BCUT2D eigenvalue weighted by atomic mass is 9.79. The zero-order valence-electron chi connectivity index (χ0n) is 20.5. The van der Waals surface area contributed by atoms with Crippen molar-refractivity contribution in [2.45, 2.75) is 57.5 Å². The summed E-state index contributed by atoms with van der Waals surface area (Å²) in [6.07, 6.45) is 1.17. The molecule has 0 saturated carbocycles. The number of carboxylic acids is 1. The lowest BCUT2D eigenvalue weighted by Crippen LogP contribution is -2.62. The lowest BCUT2D eigenvalue weighted by molar-refractivity contribution is -0.148. The molecule has 0 saturated heterocycles. The van der Waals surface area contributed by atoms with Crippen molar-refractivity contribution in [3.05, 3.63) is 69.9 Å². The van der Waals surface area contributed by atoms with Gasteiger partial charge in [-0.25, -0.2) is 13.6 Å². The second-order valence-electron chi connectivity index (χ2n) is 9.64. The number of fused-ring (bicyclic) bond motifs is 3. The van der Waals surface area contributed by atoms with Crippen LogP contribution in [0.25, 0.3) is 10.9 Å². The van der Waals surface area contributed by atoms with Gasteiger partial charge in [0.2, 0.25) is 5.91 Å². The van der Waals surface area contributed by atoms with E-state index in [1.165, 1.54) is 18.2 Å². The predicted octanol–water partition coefficient (Wildman–Crippen LogP) is 5.10. The molecule has 1 heterocycles. The number of H-pyrrole nitrogens is 1. The van der Waals surface area contributed by atoms with E-state index in [4.69, 9.17) is 23.8 Å². The molecule has 1 aromatic heterocycles. The first-order valence-corrected chi connectivity index (χ1v) is 12.9. The van der Waals surface area contributed by atoms with E-state index in [1.807, 2.05) is 13.8 Å². The number of carboxylic acid groups (broad SMARTS) is 1. The number of amides is 1. The average Bonchev–Trinajstić information content (AvgIpc) is 3.21. The highest BCUT2D eigenvalue weighted by Crippen LogP contribution is 2.37. The van der Waals surface area contributed by atoms with Gasteiger partial charge in [0, 0.05) is 23.9 Å². The fourth-order valence-electron chi connectivity index (χ4n) is 4.87. The molecule has 0 bridgehead atoms. The van der Waals surface area contributed by atoms with Crippen LogP contribution in [-0.2, 0) is 28.9 Å². The Morgan fingerprint density at radius 2 is 2.00 bits per heavy atom. The highest BCUT2D eigenvalue weighted by Gasteiger charge is 2.45. The first kappa shape index (κ1) is 27.0. The molecule has 3 aromatic rings. The molecule has 4 rings (SSSR count). The molecule has 196 valence electrons. The van der Waals surface area contributed by atoms with Gasteiger partial charge in [-0.3, -0.25) is 4.79 Å². The number of aromatic amines is 1. The molecule has 0 fully saturated rings. The third kappa shape index (κ3) is 5.48. The van der Waals surface area contributed by atoms with Crippen LogP contribution in [0.2, 0.25) is 5.02 Å². The Kier molecular flexibility index (Phi) is 7.85. The van der Waals surface area contributed by atoms with Gasteiger partial charge in [-0.05, 0) is 48.1 Å². The van der Waals surface area contributed by atoms with Gasteiger partial charge in [-0.2, -0.15) is 0 Å². The molecule has 37 heavy (non-hydrogen) atoms. The Morgan fingerprint density at radius 3 is 2.68 bits per heavy atom. The number of halogens is 3. The highest BCUT2D eigenvalue weighted by atomic mass is 35.5. The molecule has 0 radical (unpaired) electrons. The largest absolute Gasteiger partial charge is 0.479 e. The second kappa shape index (κ2) is 10.8. The topological polar surface area (TPSA) is 94.2 Å². The quantitative estimate of drug-likeness (QED) is 0.294. The zero-order valence-corrected chi connectivity index (χ0v) is 22.0. The molecule has 1 aliphatic carbocycles. The minimum atomic E-state index is -1.60. The second-order valence-corrected chi connectivity index (χ2v) is 10.5. The van der Waals surface area contributed by atoms with Crippen molar-refractivity contribution in [2.24, 2.45) is 5.92 Å². The van der Waals surface area contributed by atoms with Gasteiger partial charge in [0.1, 0.15) is 23.2 Å². The molecule has 3 unspecified atom stereocenters. The van der Waals surface area contributed by atoms with E-state index in [0.29, 0.717) is 34.9 Å². The fraction of sp³-hybridized carbons (Fsp3) is 0.370. The van der Waals surface area contributed by atoms with E-state index >= 15 is 0 Å². The summed E-state index contributed by atoms with van der Waals surface area (Å²) in [6, 6.07) is 7.95. The van der Waals surface area contributed by atoms with Gasteiger partial charge in [0.15, 0.2) is 0 Å². The maximum absolute atomic E-state index is 14.1. The van der Waals surface area contributed by atoms with Crippen LogP contribution >= 0.6 is 23.8 Å². The molecule has 0 spiro atoms. The van der Waals surface area contributed by atoms with E-state index in [0.717, 1.165) is 5.69 Å². The number of benzene rings is 2. The number of aliphatic carboxylic acids is 1. The van der Waals surface area contributed by atoms with Crippen molar-refractivity contribution in [1.29, 1.82) is 0 Å². The Balaban J connectivity index is 1.59. The van der Waals surface area contributed by atoms with Gasteiger partial charge < -0.3 is 20.7 Å². The Labute approximate surface area is 223 Å². The minimum absolute atomic E-state index is 0.0317. The van der Waals surface area contributed by atoms with E-state index in [2.05, 4.69) is 15.6 Å². The van der Waals surface area contributed by atoms with Gasteiger partial charge in [-0.15, -0.1) is 0 Å². The normalized spacial score (nSPS) is 18.6. The highest BCUT2D eigenvalue weighted by molar-refractivity contribution is 7.80. The van der Waals surface area contributed by atoms with Crippen LogP contribution in [0, 0.1) is 17.6 Å². The smallest absolute Gasteiger partial charge is 0.329 e. The summed E-state index contributed by atoms with van der Waals surface area (Å²) in [5.74, 6) is -2.81. The zero-order chi connectivity index (χ0) is 26.9. The van der Waals surface area contributed by atoms with E-state index < -0.39 is 35.1 Å². The van der Waals surface area contributed by atoms with Crippen LogP contribution in [-0.4, -0.2) is 38.5 Å². The van der Waals surface area contributed by atoms with Crippen LogP contribution in [0.5, 0.6) is 0 Å².